The molecule has 0 aliphatic heterocycles. The first-order valence-electron chi connectivity index (χ1n) is 4.41. The summed E-state index contributed by atoms with van der Waals surface area (Å²) < 4.78 is 0. The lowest BCUT2D eigenvalue weighted by molar-refractivity contribution is -0.139. The molecule has 1 unspecified atom stereocenters. The molecule has 0 heterocycles. The van der Waals surface area contributed by atoms with E-state index in [0.29, 0.717) is 6.54 Å². The summed E-state index contributed by atoms with van der Waals surface area (Å²) in [6.45, 7) is 6.69. The maximum absolute atomic E-state index is 11.3. The van der Waals surface area contributed by atoms with E-state index >= 15 is 0 Å². The van der Waals surface area contributed by atoms with Crippen molar-refractivity contribution in [2.45, 2.75) is 26.9 Å². The fourth-order valence-electron chi connectivity index (χ4n) is 1.14. The highest BCUT2D eigenvalue weighted by Gasteiger charge is 2.21. The van der Waals surface area contributed by atoms with Crippen molar-refractivity contribution in [3.63, 3.8) is 0 Å². The lowest BCUT2D eigenvalue weighted by Crippen LogP contribution is -2.43. The number of rotatable bonds is 3. The van der Waals surface area contributed by atoms with Gasteiger partial charge in [-0.25, -0.2) is 0 Å². The van der Waals surface area contributed by atoms with E-state index in [0.717, 1.165) is 0 Å². The molecule has 0 aromatic heterocycles. The van der Waals surface area contributed by atoms with Crippen molar-refractivity contribution in [1.29, 1.82) is 0 Å². The summed E-state index contributed by atoms with van der Waals surface area (Å²) in [5.74, 6) is -0.308. The maximum Gasteiger partial charge on any atom is 0.252 e. The van der Waals surface area contributed by atoms with Crippen molar-refractivity contribution in [2.75, 3.05) is 20.1 Å². The minimum Gasteiger partial charge on any atom is -0.382 e. The van der Waals surface area contributed by atoms with E-state index in [-0.39, 0.29) is 17.9 Å². The smallest absolute Gasteiger partial charge is 0.252 e. The van der Waals surface area contributed by atoms with Crippen LogP contribution in [0.1, 0.15) is 20.8 Å². The molecule has 0 radical (unpaired) electrons. The predicted octanol–water partition coefficient (Wildman–Crippen LogP) is -0.189. The number of hydrogen-bond acceptors (Lipinski definition) is 3. The Morgan fingerprint density at radius 1 is 1.54 bits per heavy atom. The summed E-state index contributed by atoms with van der Waals surface area (Å²) in [7, 11) is 1.67. The van der Waals surface area contributed by atoms with Gasteiger partial charge >= 0.3 is 0 Å². The predicted molar refractivity (Wildman–Crippen MR) is 52.2 cm³/mol. The van der Waals surface area contributed by atoms with Crippen LogP contribution in [-0.4, -0.2) is 42.2 Å². The summed E-state index contributed by atoms with van der Waals surface area (Å²) >= 11 is 0. The van der Waals surface area contributed by atoms with Crippen LogP contribution in [0.5, 0.6) is 0 Å². The lowest BCUT2D eigenvalue weighted by Gasteiger charge is -2.27. The number of aliphatic hydroxyl groups is 1. The van der Waals surface area contributed by atoms with Crippen molar-refractivity contribution < 1.29 is 9.90 Å². The summed E-state index contributed by atoms with van der Waals surface area (Å²) in [6, 6.07) is 0. The number of aliphatic hydroxyl groups excluding tert-OH is 1. The van der Waals surface area contributed by atoms with Crippen LogP contribution in [0, 0.1) is 5.41 Å². The molecule has 3 N–H and O–H groups in total. The molecule has 0 spiro atoms. The topological polar surface area (TPSA) is 66.6 Å². The van der Waals surface area contributed by atoms with Crippen molar-refractivity contribution >= 4 is 5.91 Å². The van der Waals surface area contributed by atoms with Crippen LogP contribution >= 0.6 is 0 Å². The summed E-state index contributed by atoms with van der Waals surface area (Å²) in [4.78, 5) is 12.9. The Balaban J connectivity index is 4.12. The van der Waals surface area contributed by atoms with Gasteiger partial charge in [-0.05, 0) is 5.41 Å². The Morgan fingerprint density at radius 2 is 2.00 bits per heavy atom. The average Bonchev–Trinajstić information content (AvgIpc) is 1.98. The molecule has 0 rings (SSSR count). The van der Waals surface area contributed by atoms with E-state index < -0.39 is 6.10 Å². The van der Waals surface area contributed by atoms with Gasteiger partial charge in [-0.15, -0.1) is 0 Å². The third-order valence-corrected chi connectivity index (χ3v) is 1.60. The minimum atomic E-state index is -1.06. The van der Waals surface area contributed by atoms with Crippen LogP contribution in [0.3, 0.4) is 0 Å². The van der Waals surface area contributed by atoms with Gasteiger partial charge in [-0.1, -0.05) is 20.8 Å². The maximum atomic E-state index is 11.3. The highest BCUT2D eigenvalue weighted by Crippen LogP contribution is 2.14. The third-order valence-electron chi connectivity index (χ3n) is 1.60. The minimum absolute atomic E-state index is 0.0205. The molecule has 0 saturated heterocycles. The number of amides is 1. The molecule has 0 aromatic rings. The fourth-order valence-corrected chi connectivity index (χ4v) is 1.14. The molecule has 0 aliphatic rings. The molecule has 0 aliphatic carbocycles. The monoisotopic (exact) mass is 188 g/mol. The highest BCUT2D eigenvalue weighted by molar-refractivity contribution is 5.80. The van der Waals surface area contributed by atoms with E-state index in [1.54, 1.807) is 7.05 Å². The molecule has 0 fully saturated rings. The first-order chi connectivity index (χ1) is 5.78. The molecule has 13 heavy (non-hydrogen) atoms. The molecule has 0 bridgehead atoms. The second-order valence-electron chi connectivity index (χ2n) is 4.51. The van der Waals surface area contributed by atoms with Crippen molar-refractivity contribution in [1.82, 2.24) is 4.90 Å². The van der Waals surface area contributed by atoms with E-state index in [9.17, 15) is 9.90 Å². The standard InChI is InChI=1S/C9H20N2O2/c1-9(2,3)6-11(4)8(13)7(12)5-10/h7,12H,5-6,10H2,1-4H3. The Hall–Kier alpha value is -0.610. The normalized spacial score (nSPS) is 14.0. The highest BCUT2D eigenvalue weighted by atomic mass is 16.3. The van der Waals surface area contributed by atoms with E-state index in [1.165, 1.54) is 4.90 Å². The number of nitrogens with two attached hydrogens (primary N) is 1. The van der Waals surface area contributed by atoms with Gasteiger partial charge in [0.25, 0.3) is 5.91 Å². The van der Waals surface area contributed by atoms with E-state index in [1.807, 2.05) is 20.8 Å². The lowest BCUT2D eigenvalue weighted by atomic mass is 9.96. The van der Waals surface area contributed by atoms with Crippen LogP contribution in [0.25, 0.3) is 0 Å². The number of nitrogens with zero attached hydrogens (tertiary/aromatic N) is 1. The number of hydrogen-bond donors (Lipinski definition) is 2. The average molecular weight is 188 g/mol. The summed E-state index contributed by atoms with van der Waals surface area (Å²) in [6.07, 6.45) is -1.06. The Kier molecular flexibility index (Phi) is 4.36. The van der Waals surface area contributed by atoms with E-state index in [4.69, 9.17) is 5.73 Å². The first-order valence-corrected chi connectivity index (χ1v) is 4.41. The Labute approximate surface area is 79.7 Å². The van der Waals surface area contributed by atoms with Gasteiger partial charge < -0.3 is 15.7 Å². The second kappa shape index (κ2) is 4.58. The van der Waals surface area contributed by atoms with Crippen LogP contribution in [0.4, 0.5) is 0 Å². The fraction of sp³-hybridized carbons (Fsp3) is 0.889. The first kappa shape index (κ1) is 12.4. The van der Waals surface area contributed by atoms with E-state index in [2.05, 4.69) is 0 Å². The zero-order valence-corrected chi connectivity index (χ0v) is 8.87. The van der Waals surface area contributed by atoms with Crippen molar-refractivity contribution in [3.05, 3.63) is 0 Å². The van der Waals surface area contributed by atoms with Crippen LogP contribution in [0.2, 0.25) is 0 Å². The molecular weight excluding hydrogens is 168 g/mol. The largest absolute Gasteiger partial charge is 0.382 e. The van der Waals surface area contributed by atoms with Crippen LogP contribution in [-0.2, 0) is 4.79 Å². The zero-order chi connectivity index (χ0) is 10.6. The third kappa shape index (κ3) is 4.85. The van der Waals surface area contributed by atoms with Crippen molar-refractivity contribution in [3.8, 4) is 0 Å². The Morgan fingerprint density at radius 3 is 2.31 bits per heavy atom. The number of carbonyl (C=O) groups is 1. The quantitative estimate of drug-likeness (QED) is 0.645. The van der Waals surface area contributed by atoms with Gasteiger partial charge in [0.2, 0.25) is 0 Å². The zero-order valence-electron chi connectivity index (χ0n) is 8.87. The van der Waals surface area contributed by atoms with Crippen LogP contribution < -0.4 is 5.73 Å². The van der Waals surface area contributed by atoms with Gasteiger partial charge in [-0.2, -0.15) is 0 Å². The second-order valence-corrected chi connectivity index (χ2v) is 4.51. The van der Waals surface area contributed by atoms with Crippen LogP contribution in [0.15, 0.2) is 0 Å². The molecule has 1 amide bonds. The van der Waals surface area contributed by atoms with Gasteiger partial charge in [0.15, 0.2) is 0 Å². The number of carbonyl (C=O) groups excluding carboxylic acids is 1. The SMILES string of the molecule is CN(CC(C)(C)C)C(=O)C(O)CN. The number of likely N-dealkylation sites (N-methyl/N-ethyl adjacent to an activating group) is 1. The molecule has 4 nitrogen and oxygen atoms in total. The summed E-state index contributed by atoms with van der Waals surface area (Å²) in [5.41, 5.74) is 5.22. The van der Waals surface area contributed by atoms with Crippen molar-refractivity contribution in [2.24, 2.45) is 11.1 Å². The summed E-state index contributed by atoms with van der Waals surface area (Å²) in [5, 5.41) is 9.18. The molecule has 4 heteroatoms. The molecule has 0 aromatic carbocycles. The van der Waals surface area contributed by atoms with Gasteiger partial charge in [0.1, 0.15) is 6.10 Å². The van der Waals surface area contributed by atoms with Gasteiger partial charge in [-0.3, -0.25) is 4.79 Å². The molecule has 1 atom stereocenters. The van der Waals surface area contributed by atoms with Gasteiger partial charge in [0, 0.05) is 20.1 Å². The molecule has 0 saturated carbocycles. The Bertz CT molecular complexity index is 175. The molecule has 78 valence electrons. The molecular formula is C9H20N2O2. The van der Waals surface area contributed by atoms with Gasteiger partial charge in [0.05, 0.1) is 0 Å².